The number of aliphatic hydroxyl groups is 1. The molecule has 3 saturated carbocycles. The fraction of sp³-hybridized carbons (Fsp3) is 0.600. The normalized spacial score (nSPS) is 23.4. The summed E-state index contributed by atoms with van der Waals surface area (Å²) in [4.78, 5) is 78.9. The summed E-state index contributed by atoms with van der Waals surface area (Å²) in [6.07, 6.45) is 2.31. The summed E-state index contributed by atoms with van der Waals surface area (Å²) in [5.74, 6) is -4.41. The lowest BCUT2D eigenvalue weighted by Gasteiger charge is -2.64. The van der Waals surface area contributed by atoms with Gasteiger partial charge in [0.25, 0.3) is 5.91 Å². The highest BCUT2D eigenvalue weighted by Gasteiger charge is 2.68. The van der Waals surface area contributed by atoms with Crippen LogP contribution in [0.2, 0.25) is 0 Å². The molecule has 1 unspecified atom stereocenters. The van der Waals surface area contributed by atoms with Crippen LogP contribution >= 0.6 is 0 Å². The molecule has 10 atom stereocenters. The third kappa shape index (κ3) is 12.2. The van der Waals surface area contributed by atoms with Crippen LogP contribution in [0.5, 0.6) is 0 Å². The summed E-state index contributed by atoms with van der Waals surface area (Å²) >= 11 is 0. The molecule has 1 saturated heterocycles. The van der Waals surface area contributed by atoms with E-state index in [9.17, 15) is 33.9 Å². The molecule has 4 fully saturated rings. The number of amides is 7. The van der Waals surface area contributed by atoms with Crippen LogP contribution in [0.25, 0.3) is 11.1 Å². The summed E-state index contributed by atoms with van der Waals surface area (Å²) in [7, 11) is -0.778. The lowest BCUT2D eigenvalue weighted by molar-refractivity contribution is -0.199. The molecule has 0 spiro atoms. The highest BCUT2D eigenvalue weighted by atomic mass is 16.7. The Bertz CT molecular complexity index is 1970. The number of carbonyl (C=O) groups excluding carboxylic acids is 6. The van der Waals surface area contributed by atoms with Gasteiger partial charge in [-0.2, -0.15) is 0 Å². The minimum Gasteiger partial charge on any atom is -0.404 e. The third-order valence-electron chi connectivity index (χ3n) is 13.2. The standard InChI is InChI=1S/C45H68BN9O9/c1-7-8-11-27-13-15-28(16-14-27)29-17-19-31(20-18-29)51-43(62)53-32(12-9-10-21-47)39(58)54-37(25(2)56)41(60)55-38(49)42(61)52-33(24-36(48)57)40(59)50-26(3)46-63-35-23-30-22-34(44(30,4)5)45(35,6)64-46/h13-20,25-26,30,32-35,37-38,56H,7-12,21-24,47,49H2,1-6H3,(H2,48,57)(H,50,59)(H,52,61)(H,54,58)(H,55,60)(H2,51,53,62)/t25-,26+,30+,32+,33+,34+,35?,37+,38-,45+/m1/s1. The summed E-state index contributed by atoms with van der Waals surface area (Å²) < 4.78 is 12.7. The van der Waals surface area contributed by atoms with E-state index in [1.165, 1.54) is 12.5 Å². The van der Waals surface area contributed by atoms with E-state index in [0.29, 0.717) is 36.9 Å². The topological polar surface area (TPSA) is 291 Å². The smallest absolute Gasteiger partial charge is 0.404 e. The minimum atomic E-state index is -1.80. The predicted octanol–water partition coefficient (Wildman–Crippen LogP) is 1.71. The van der Waals surface area contributed by atoms with Crippen molar-refractivity contribution in [3.8, 4) is 11.1 Å². The number of anilines is 1. The molecule has 13 N–H and O–H groups in total. The van der Waals surface area contributed by atoms with Crippen LogP contribution in [0.3, 0.4) is 0 Å². The Morgan fingerprint density at radius 2 is 1.45 bits per heavy atom. The van der Waals surface area contributed by atoms with Crippen molar-refractivity contribution in [1.29, 1.82) is 0 Å². The van der Waals surface area contributed by atoms with E-state index in [1.54, 1.807) is 19.1 Å². The van der Waals surface area contributed by atoms with Crippen LogP contribution in [0.1, 0.15) is 98.5 Å². The fourth-order valence-corrected chi connectivity index (χ4v) is 9.22. The predicted molar refractivity (Wildman–Crippen MR) is 243 cm³/mol. The number of rotatable bonds is 22. The molecule has 1 heterocycles. The Hall–Kier alpha value is -5.08. The van der Waals surface area contributed by atoms with E-state index in [0.717, 1.165) is 43.2 Å². The summed E-state index contributed by atoms with van der Waals surface area (Å²) in [5, 5.41) is 25.7. The van der Waals surface area contributed by atoms with E-state index in [2.05, 4.69) is 76.9 Å². The van der Waals surface area contributed by atoms with E-state index < -0.39 is 91.0 Å². The zero-order chi connectivity index (χ0) is 46.9. The number of hydrogen-bond donors (Lipinski definition) is 10. The molecular formula is C45H68BN9O9. The number of aliphatic hydroxyl groups excluding tert-OH is 1. The first kappa shape index (κ1) is 49.9. The second-order valence-electron chi connectivity index (χ2n) is 18.4. The monoisotopic (exact) mass is 890 g/mol. The van der Waals surface area contributed by atoms with Gasteiger partial charge < -0.3 is 63.5 Å². The van der Waals surface area contributed by atoms with Gasteiger partial charge in [0, 0.05) is 5.69 Å². The van der Waals surface area contributed by atoms with Crippen LogP contribution < -0.4 is 49.1 Å². The molecule has 2 aromatic carbocycles. The first-order valence-electron chi connectivity index (χ1n) is 22.5. The van der Waals surface area contributed by atoms with Crippen LogP contribution in [-0.2, 0) is 39.7 Å². The van der Waals surface area contributed by atoms with Crippen molar-refractivity contribution in [3.05, 3.63) is 54.1 Å². The number of nitrogens with two attached hydrogens (primary N) is 3. The van der Waals surface area contributed by atoms with Crippen molar-refractivity contribution >= 4 is 48.4 Å². The largest absolute Gasteiger partial charge is 0.481 e. The first-order chi connectivity index (χ1) is 30.3. The van der Waals surface area contributed by atoms with Gasteiger partial charge in [-0.25, -0.2) is 4.79 Å². The number of hydrogen-bond acceptors (Lipinski definition) is 11. The van der Waals surface area contributed by atoms with Gasteiger partial charge in [-0.05, 0) is 118 Å². The van der Waals surface area contributed by atoms with Crippen molar-refractivity contribution in [3.63, 3.8) is 0 Å². The van der Waals surface area contributed by atoms with E-state index in [4.69, 9.17) is 26.5 Å². The molecule has 7 amide bonds. The van der Waals surface area contributed by atoms with Crippen LogP contribution in [0, 0.1) is 17.3 Å². The second-order valence-corrected chi connectivity index (χ2v) is 18.4. The van der Waals surface area contributed by atoms with Crippen LogP contribution in [0.4, 0.5) is 10.5 Å². The molecule has 6 rings (SSSR count). The van der Waals surface area contributed by atoms with Gasteiger partial charge in [0.2, 0.25) is 23.6 Å². The molecule has 0 aromatic heterocycles. The molecule has 350 valence electrons. The zero-order valence-corrected chi connectivity index (χ0v) is 37.9. The lowest BCUT2D eigenvalue weighted by atomic mass is 9.43. The SMILES string of the molecule is CCCCc1ccc(-c2ccc(NC(=O)N[C@@H](CCCCN)C(=O)N[C@H](C(=O)N[C@@H](N)C(=O)N[C@@H](CC(N)=O)C(=O)N[C@@H](C)B3OC4C[C@@H]5C[C@@H](C5(C)C)[C@]4(C)O3)[C@@H](C)O)cc2)cc1. The number of unbranched alkanes of at least 4 members (excludes halogenated alkanes) is 2. The first-order valence-corrected chi connectivity index (χ1v) is 22.5. The van der Waals surface area contributed by atoms with Crippen LogP contribution in [0.15, 0.2) is 48.5 Å². The van der Waals surface area contributed by atoms with Gasteiger partial charge in [0.05, 0.1) is 30.2 Å². The van der Waals surface area contributed by atoms with Gasteiger partial charge in [0.15, 0.2) is 6.17 Å². The molecule has 0 radical (unpaired) electrons. The van der Waals surface area contributed by atoms with Crippen LogP contribution in [-0.4, -0.2) is 102 Å². The summed E-state index contributed by atoms with van der Waals surface area (Å²) in [5.41, 5.74) is 20.5. The number of benzene rings is 2. The zero-order valence-electron chi connectivity index (χ0n) is 37.9. The molecule has 4 aliphatic rings. The Morgan fingerprint density at radius 1 is 0.812 bits per heavy atom. The number of urea groups is 1. The summed E-state index contributed by atoms with van der Waals surface area (Å²) in [6, 6.07) is 10.6. The molecule has 18 nitrogen and oxygen atoms in total. The average Bonchev–Trinajstić information content (AvgIpc) is 3.62. The number of aryl methyl sites for hydroxylation is 1. The Morgan fingerprint density at radius 3 is 2.05 bits per heavy atom. The van der Waals surface area contributed by atoms with Gasteiger partial charge in [-0.3, -0.25) is 24.0 Å². The lowest BCUT2D eigenvalue weighted by Crippen LogP contribution is -2.65. The molecule has 19 heteroatoms. The molecule has 2 bridgehead atoms. The molecule has 3 aliphatic carbocycles. The van der Waals surface area contributed by atoms with Gasteiger partial charge in [-0.1, -0.05) is 63.6 Å². The molecule has 64 heavy (non-hydrogen) atoms. The Balaban J connectivity index is 1.14. The van der Waals surface area contributed by atoms with Crippen molar-refractivity contribution in [2.45, 2.75) is 147 Å². The highest BCUT2D eigenvalue weighted by Crippen LogP contribution is 2.65. The van der Waals surface area contributed by atoms with Crippen molar-refractivity contribution in [1.82, 2.24) is 26.6 Å². The molecule has 2 aromatic rings. The summed E-state index contributed by atoms with van der Waals surface area (Å²) in [6.45, 7) is 12.0. The van der Waals surface area contributed by atoms with E-state index >= 15 is 0 Å². The van der Waals surface area contributed by atoms with E-state index in [1.807, 2.05) is 19.1 Å². The minimum absolute atomic E-state index is 0.112. The molecular weight excluding hydrogens is 821 g/mol. The number of primary amides is 1. The Labute approximate surface area is 376 Å². The van der Waals surface area contributed by atoms with Gasteiger partial charge in [-0.15, -0.1) is 0 Å². The number of nitrogens with one attached hydrogen (secondary N) is 6. The van der Waals surface area contributed by atoms with Gasteiger partial charge >= 0.3 is 13.1 Å². The molecule has 1 aliphatic heterocycles. The van der Waals surface area contributed by atoms with Crippen molar-refractivity contribution in [2.75, 3.05) is 11.9 Å². The maximum Gasteiger partial charge on any atom is 0.481 e. The maximum absolute atomic E-state index is 13.6. The maximum atomic E-state index is 13.6. The quantitative estimate of drug-likeness (QED) is 0.0461. The number of carbonyl (C=O) groups is 6. The van der Waals surface area contributed by atoms with Crippen molar-refractivity contribution < 1.29 is 43.2 Å². The third-order valence-corrected chi connectivity index (χ3v) is 13.2. The highest BCUT2D eigenvalue weighted by molar-refractivity contribution is 6.47. The van der Waals surface area contributed by atoms with E-state index in [-0.39, 0.29) is 17.9 Å². The fourth-order valence-electron chi connectivity index (χ4n) is 9.22. The van der Waals surface area contributed by atoms with Crippen molar-refractivity contribution in [2.24, 2.45) is 34.5 Å². The Kier molecular flexibility index (Phi) is 17.0. The average molecular weight is 890 g/mol. The van der Waals surface area contributed by atoms with Gasteiger partial charge in [0.1, 0.15) is 18.1 Å². The second kappa shape index (κ2) is 21.7.